The molecule has 1 amide bonds. The van der Waals surface area contributed by atoms with Crippen molar-refractivity contribution in [3.8, 4) is 0 Å². The van der Waals surface area contributed by atoms with Gasteiger partial charge in [0, 0.05) is 11.2 Å². The van der Waals surface area contributed by atoms with Crippen molar-refractivity contribution in [1.29, 1.82) is 0 Å². The van der Waals surface area contributed by atoms with E-state index in [1.807, 2.05) is 24.3 Å². The molecule has 3 aromatic rings. The molecule has 24 heavy (non-hydrogen) atoms. The van der Waals surface area contributed by atoms with Crippen molar-refractivity contribution in [1.82, 2.24) is 9.78 Å². The predicted octanol–water partition coefficient (Wildman–Crippen LogP) is 5.14. The Bertz CT molecular complexity index is 892. The first-order valence-corrected chi connectivity index (χ1v) is 8.19. The summed E-state index contributed by atoms with van der Waals surface area (Å²) in [4.78, 5) is 12.3. The molecule has 0 saturated heterocycles. The number of amides is 1. The molecule has 0 radical (unpaired) electrons. The summed E-state index contributed by atoms with van der Waals surface area (Å²) in [6.45, 7) is 0.507. The largest absolute Gasteiger partial charge is 0.319 e. The van der Waals surface area contributed by atoms with Crippen LogP contribution in [0.4, 0.5) is 5.69 Å². The molecule has 4 nitrogen and oxygen atoms in total. The van der Waals surface area contributed by atoms with E-state index in [0.717, 1.165) is 5.56 Å². The van der Waals surface area contributed by atoms with Crippen LogP contribution in [0, 0.1) is 0 Å². The van der Waals surface area contributed by atoms with E-state index in [9.17, 15) is 4.79 Å². The van der Waals surface area contributed by atoms with Gasteiger partial charge in [0.05, 0.1) is 34.0 Å². The molecule has 7 heteroatoms. The zero-order valence-corrected chi connectivity index (χ0v) is 14.6. The highest BCUT2D eigenvalue weighted by Gasteiger charge is 2.13. The molecule has 3 rings (SSSR count). The van der Waals surface area contributed by atoms with Crippen molar-refractivity contribution in [2.75, 3.05) is 5.32 Å². The van der Waals surface area contributed by atoms with Gasteiger partial charge in [-0.25, -0.2) is 0 Å². The summed E-state index contributed by atoms with van der Waals surface area (Å²) in [5.41, 5.74) is 1.81. The molecule has 0 aliphatic heterocycles. The molecule has 122 valence electrons. The maximum atomic E-state index is 12.3. The SMILES string of the molecule is O=C(Nc1cnn(Cc2ccccc2Cl)c1)c1cccc(Cl)c1Cl. The number of carbonyl (C=O) groups excluding carboxylic acids is 1. The van der Waals surface area contributed by atoms with Crippen LogP contribution in [0.25, 0.3) is 0 Å². The van der Waals surface area contributed by atoms with Crippen LogP contribution < -0.4 is 5.32 Å². The first kappa shape index (κ1) is 16.8. The average Bonchev–Trinajstić information content (AvgIpc) is 2.99. The predicted molar refractivity (Wildman–Crippen MR) is 97.2 cm³/mol. The van der Waals surface area contributed by atoms with Crippen LogP contribution >= 0.6 is 34.8 Å². The first-order valence-electron chi connectivity index (χ1n) is 7.06. The molecule has 0 bridgehead atoms. The second kappa shape index (κ2) is 7.26. The van der Waals surface area contributed by atoms with Crippen LogP contribution in [-0.2, 0) is 6.54 Å². The number of nitrogens with zero attached hydrogens (tertiary/aromatic N) is 2. The monoisotopic (exact) mass is 379 g/mol. The summed E-state index contributed by atoms with van der Waals surface area (Å²) in [6, 6.07) is 12.4. The Morgan fingerprint density at radius 2 is 1.79 bits per heavy atom. The highest BCUT2D eigenvalue weighted by atomic mass is 35.5. The van der Waals surface area contributed by atoms with E-state index in [-0.39, 0.29) is 10.9 Å². The molecule has 0 spiro atoms. The van der Waals surface area contributed by atoms with Gasteiger partial charge < -0.3 is 5.32 Å². The van der Waals surface area contributed by atoms with Crippen LogP contribution in [0.3, 0.4) is 0 Å². The van der Waals surface area contributed by atoms with Gasteiger partial charge in [0.2, 0.25) is 0 Å². The van der Waals surface area contributed by atoms with E-state index >= 15 is 0 Å². The fourth-order valence-corrected chi connectivity index (χ4v) is 2.78. The van der Waals surface area contributed by atoms with E-state index in [0.29, 0.717) is 27.8 Å². The van der Waals surface area contributed by atoms with Gasteiger partial charge in [0.15, 0.2) is 0 Å². The minimum absolute atomic E-state index is 0.222. The standard InChI is InChI=1S/C17H12Cl3N3O/c18-14-6-2-1-4-11(14)9-23-10-12(8-21-23)22-17(24)13-5-3-7-15(19)16(13)20/h1-8,10H,9H2,(H,22,24). The Balaban J connectivity index is 1.73. The summed E-state index contributed by atoms with van der Waals surface area (Å²) >= 11 is 18.1. The second-order valence-corrected chi connectivity index (χ2v) is 6.27. The zero-order chi connectivity index (χ0) is 17.1. The molecule has 1 N–H and O–H groups in total. The van der Waals surface area contributed by atoms with Crippen LogP contribution in [0.1, 0.15) is 15.9 Å². The number of hydrogen-bond acceptors (Lipinski definition) is 2. The fraction of sp³-hybridized carbons (Fsp3) is 0.0588. The van der Waals surface area contributed by atoms with Gasteiger partial charge in [-0.15, -0.1) is 0 Å². The van der Waals surface area contributed by atoms with Gasteiger partial charge in [-0.1, -0.05) is 59.1 Å². The van der Waals surface area contributed by atoms with E-state index in [4.69, 9.17) is 34.8 Å². The Hall–Kier alpha value is -2.01. The average molecular weight is 381 g/mol. The number of nitrogens with one attached hydrogen (secondary N) is 1. The van der Waals surface area contributed by atoms with Crippen molar-refractivity contribution >= 4 is 46.4 Å². The van der Waals surface area contributed by atoms with E-state index in [1.54, 1.807) is 35.3 Å². The smallest absolute Gasteiger partial charge is 0.257 e. The number of benzene rings is 2. The van der Waals surface area contributed by atoms with Gasteiger partial charge in [0.25, 0.3) is 5.91 Å². The third kappa shape index (κ3) is 3.73. The first-order chi connectivity index (χ1) is 11.5. The summed E-state index contributed by atoms with van der Waals surface area (Å²) in [5.74, 6) is -0.347. The summed E-state index contributed by atoms with van der Waals surface area (Å²) in [7, 11) is 0. The van der Waals surface area contributed by atoms with Crippen LogP contribution in [-0.4, -0.2) is 15.7 Å². The van der Waals surface area contributed by atoms with Gasteiger partial charge in [-0.05, 0) is 23.8 Å². The summed E-state index contributed by atoms with van der Waals surface area (Å²) in [5, 5.41) is 8.20. The Kier molecular flexibility index (Phi) is 5.09. The molecule has 0 aliphatic carbocycles. The topological polar surface area (TPSA) is 46.9 Å². The number of hydrogen-bond donors (Lipinski definition) is 1. The summed E-state index contributed by atoms with van der Waals surface area (Å²) < 4.78 is 1.69. The number of rotatable bonds is 4. The highest BCUT2D eigenvalue weighted by Crippen LogP contribution is 2.26. The lowest BCUT2D eigenvalue weighted by atomic mass is 10.2. The third-order valence-electron chi connectivity index (χ3n) is 3.38. The van der Waals surface area contributed by atoms with Crippen LogP contribution in [0.2, 0.25) is 15.1 Å². The van der Waals surface area contributed by atoms with Crippen LogP contribution in [0.15, 0.2) is 54.9 Å². The minimum atomic E-state index is -0.347. The lowest BCUT2D eigenvalue weighted by molar-refractivity contribution is 0.102. The lowest BCUT2D eigenvalue weighted by Crippen LogP contribution is -2.12. The third-order valence-corrected chi connectivity index (χ3v) is 4.57. The molecule has 0 aliphatic rings. The molecule has 2 aromatic carbocycles. The normalized spacial score (nSPS) is 10.6. The lowest BCUT2D eigenvalue weighted by Gasteiger charge is -2.06. The van der Waals surface area contributed by atoms with Crippen molar-refractivity contribution < 1.29 is 4.79 Å². The van der Waals surface area contributed by atoms with E-state index in [1.165, 1.54) is 0 Å². The molecule has 1 aromatic heterocycles. The molecule has 0 saturated carbocycles. The van der Waals surface area contributed by atoms with Crippen molar-refractivity contribution in [2.24, 2.45) is 0 Å². The minimum Gasteiger partial charge on any atom is -0.319 e. The quantitative estimate of drug-likeness (QED) is 0.681. The van der Waals surface area contributed by atoms with Gasteiger partial charge in [0.1, 0.15) is 0 Å². The molecule has 0 unspecified atom stereocenters. The number of anilines is 1. The molecular weight excluding hydrogens is 369 g/mol. The number of aromatic nitrogens is 2. The Morgan fingerprint density at radius 3 is 2.58 bits per heavy atom. The molecule has 1 heterocycles. The zero-order valence-electron chi connectivity index (χ0n) is 12.3. The van der Waals surface area contributed by atoms with Gasteiger partial charge >= 0.3 is 0 Å². The van der Waals surface area contributed by atoms with Gasteiger partial charge in [-0.3, -0.25) is 9.48 Å². The maximum Gasteiger partial charge on any atom is 0.257 e. The van der Waals surface area contributed by atoms with E-state index in [2.05, 4.69) is 10.4 Å². The van der Waals surface area contributed by atoms with Crippen LogP contribution in [0.5, 0.6) is 0 Å². The number of halogens is 3. The maximum absolute atomic E-state index is 12.3. The fourth-order valence-electron chi connectivity index (χ4n) is 2.19. The van der Waals surface area contributed by atoms with Crippen molar-refractivity contribution in [3.63, 3.8) is 0 Å². The second-order valence-electron chi connectivity index (χ2n) is 5.07. The van der Waals surface area contributed by atoms with Gasteiger partial charge in [-0.2, -0.15) is 5.10 Å². The molecular formula is C17H12Cl3N3O. The molecule has 0 atom stereocenters. The number of carbonyl (C=O) groups is 1. The van der Waals surface area contributed by atoms with Crippen molar-refractivity contribution in [3.05, 3.63) is 81.1 Å². The molecule has 0 fully saturated rings. The Morgan fingerprint density at radius 1 is 1.04 bits per heavy atom. The highest BCUT2D eigenvalue weighted by molar-refractivity contribution is 6.44. The summed E-state index contributed by atoms with van der Waals surface area (Å²) in [6.07, 6.45) is 3.28. The van der Waals surface area contributed by atoms with Crippen molar-refractivity contribution in [2.45, 2.75) is 6.54 Å². The van der Waals surface area contributed by atoms with E-state index < -0.39 is 0 Å². The Labute approximate surface area is 154 Å².